The van der Waals surface area contributed by atoms with Crippen molar-refractivity contribution in [2.75, 3.05) is 0 Å². The zero-order valence-corrected chi connectivity index (χ0v) is 22.2. The highest BCUT2D eigenvalue weighted by Gasteiger charge is 2.08. The lowest BCUT2D eigenvalue weighted by Gasteiger charge is -2.19. The molecule has 25 heavy (non-hydrogen) atoms. The highest BCUT2D eigenvalue weighted by atomic mass is 127. The summed E-state index contributed by atoms with van der Waals surface area (Å²) in [6, 6.07) is 17.6. The summed E-state index contributed by atoms with van der Waals surface area (Å²) in [6.45, 7) is 3.65. The van der Waals surface area contributed by atoms with Gasteiger partial charge in [-0.3, -0.25) is 9.44 Å². The van der Waals surface area contributed by atoms with Gasteiger partial charge in [-0.15, -0.1) is 0 Å². The third-order valence-corrected chi connectivity index (χ3v) is 7.96. The molecule has 0 spiro atoms. The first-order valence-corrected chi connectivity index (χ1v) is 17.5. The fourth-order valence-corrected chi connectivity index (χ4v) is 5.02. The van der Waals surface area contributed by atoms with Crippen LogP contribution in [0.1, 0.15) is 22.3 Å². The summed E-state index contributed by atoms with van der Waals surface area (Å²) in [5, 5.41) is 0. The van der Waals surface area contributed by atoms with Gasteiger partial charge in [0.1, 0.15) is 0 Å². The molecule has 0 amide bonds. The topological polar surface area (TPSA) is 27.3 Å². The molecule has 2 N–H and O–H groups in total. The van der Waals surface area contributed by atoms with Crippen LogP contribution >= 0.6 is 91.0 Å². The van der Waals surface area contributed by atoms with E-state index >= 15 is 0 Å². The number of halogens is 3. The van der Waals surface area contributed by atoms with Gasteiger partial charge < -0.3 is 0 Å². The molecule has 0 aliphatic carbocycles. The Hall–Kier alpha value is 1.56. The van der Waals surface area contributed by atoms with Gasteiger partial charge in [-0.25, -0.2) is 4.31 Å². The van der Waals surface area contributed by atoms with Crippen molar-refractivity contribution < 1.29 is 0 Å². The first-order chi connectivity index (χ1) is 12.2. The predicted molar refractivity (Wildman–Crippen MR) is 141 cm³/mol. The van der Waals surface area contributed by atoms with E-state index in [1.165, 1.54) is 22.3 Å². The zero-order valence-electron chi connectivity index (χ0n) is 13.3. The summed E-state index contributed by atoms with van der Waals surface area (Å²) in [5.74, 6) is 0. The van der Waals surface area contributed by atoms with Gasteiger partial charge >= 0.3 is 0 Å². The van der Waals surface area contributed by atoms with E-state index in [1.807, 2.05) is 0 Å². The average molecular weight is 729 g/mol. The fraction of sp³-hybridized carbons (Fsp3) is 0.250. The maximum atomic E-state index is 3.30. The molecule has 2 rings (SSSR count). The Kier molecular flexibility index (Phi) is 12.5. The van der Waals surface area contributed by atoms with Crippen LogP contribution < -0.4 is 9.44 Å². The second-order valence-electron chi connectivity index (χ2n) is 5.30. The van der Waals surface area contributed by atoms with Crippen LogP contribution in [-0.2, 0) is 26.2 Å². The first-order valence-electron chi connectivity index (χ1n) is 7.45. The van der Waals surface area contributed by atoms with E-state index in [0.717, 1.165) is 26.2 Å². The maximum Gasteiger partial charge on any atom is 0.0351 e. The number of hydrogen-bond donors (Lipinski definition) is 2. The maximum absolute atomic E-state index is 3.30. The zero-order chi connectivity index (χ0) is 17.9. The number of nitrogens with one attached hydrogen (secondary N) is 2. The summed E-state index contributed by atoms with van der Waals surface area (Å²) in [5.41, 5.74) is 5.34. The molecule has 0 atom stereocenters. The quantitative estimate of drug-likeness (QED) is 0.194. The van der Waals surface area contributed by atoms with Crippen LogP contribution in [0.4, 0.5) is 0 Å². The molecule has 0 heterocycles. The van der Waals surface area contributed by atoms with E-state index in [9.17, 15) is 0 Å². The molecule has 2 aromatic carbocycles. The molecule has 0 aromatic heterocycles. The van der Waals surface area contributed by atoms with Gasteiger partial charge in [0, 0.05) is 89.8 Å². The Balaban J connectivity index is 1.98. The SMILES string of the molecule is ISNCc1cccc(CN(Cc2cccc(CNSI)c2)SI)c1. The molecule has 0 unspecified atom stereocenters. The Labute approximate surface area is 199 Å². The van der Waals surface area contributed by atoms with E-state index in [-0.39, 0.29) is 0 Å². The Morgan fingerprint density at radius 1 is 0.720 bits per heavy atom. The van der Waals surface area contributed by atoms with Gasteiger partial charge in [-0.05, 0) is 49.6 Å². The van der Waals surface area contributed by atoms with Crippen LogP contribution in [0, 0.1) is 0 Å². The fourth-order valence-electron chi connectivity index (χ4n) is 2.41. The third kappa shape index (κ3) is 9.07. The lowest BCUT2D eigenvalue weighted by atomic mass is 10.1. The van der Waals surface area contributed by atoms with Gasteiger partial charge in [-0.1, -0.05) is 48.5 Å². The molecule has 3 nitrogen and oxygen atoms in total. The van der Waals surface area contributed by atoms with Crippen LogP contribution in [0.3, 0.4) is 0 Å². The van der Waals surface area contributed by atoms with Crippen molar-refractivity contribution in [3.63, 3.8) is 0 Å². The predicted octanol–water partition coefficient (Wildman–Crippen LogP) is 6.86. The average Bonchev–Trinajstić information content (AvgIpc) is 2.65. The highest BCUT2D eigenvalue weighted by Crippen LogP contribution is 2.25. The standard InChI is InChI=1S/C16H18I3N3S3/c17-23-20-9-13-3-1-5-15(7-13)11-22(25-19)12-16-6-2-4-14(8-16)10-21-24-18/h1-8,20-21H,9-12H2. The number of nitrogens with zero attached hydrogens (tertiary/aromatic N) is 1. The smallest absolute Gasteiger partial charge is 0.0351 e. The van der Waals surface area contributed by atoms with Crippen LogP contribution in [0.5, 0.6) is 0 Å². The molecule has 0 fully saturated rings. The van der Waals surface area contributed by atoms with Gasteiger partial charge in [0.15, 0.2) is 0 Å². The van der Waals surface area contributed by atoms with Crippen LogP contribution in [0.25, 0.3) is 0 Å². The van der Waals surface area contributed by atoms with E-state index < -0.39 is 0 Å². The summed E-state index contributed by atoms with van der Waals surface area (Å²) in [6.07, 6.45) is 0. The van der Waals surface area contributed by atoms with Gasteiger partial charge in [0.25, 0.3) is 0 Å². The van der Waals surface area contributed by atoms with E-state index in [4.69, 9.17) is 0 Å². The summed E-state index contributed by atoms with van der Waals surface area (Å²) < 4.78 is 8.98. The summed E-state index contributed by atoms with van der Waals surface area (Å²) in [4.78, 5) is 0. The highest BCUT2D eigenvalue weighted by molar-refractivity contribution is 14.2. The second kappa shape index (κ2) is 13.7. The van der Waals surface area contributed by atoms with Gasteiger partial charge in [0.05, 0.1) is 0 Å². The largest absolute Gasteiger partial charge is 0.251 e. The molecular formula is C16H18I3N3S3. The molecule has 2 aromatic rings. The van der Waals surface area contributed by atoms with E-state index in [0.29, 0.717) is 0 Å². The minimum atomic E-state index is 0.892. The summed E-state index contributed by atoms with van der Waals surface area (Å²) in [7, 11) is 5.02. The van der Waals surface area contributed by atoms with Crippen molar-refractivity contribution in [2.24, 2.45) is 0 Å². The number of hydrogen-bond acceptors (Lipinski definition) is 6. The number of rotatable bonds is 11. The van der Waals surface area contributed by atoms with Crippen molar-refractivity contribution >= 4 is 91.0 Å². The minimum Gasteiger partial charge on any atom is -0.251 e. The molecule has 0 saturated heterocycles. The Morgan fingerprint density at radius 2 is 1.16 bits per heavy atom. The first kappa shape index (κ1) is 22.8. The van der Waals surface area contributed by atoms with Crippen molar-refractivity contribution in [1.29, 1.82) is 0 Å². The van der Waals surface area contributed by atoms with Crippen molar-refractivity contribution in [3.05, 3.63) is 70.8 Å². The van der Waals surface area contributed by atoms with Crippen molar-refractivity contribution in [2.45, 2.75) is 26.2 Å². The second-order valence-corrected chi connectivity index (χ2v) is 10.7. The molecule has 0 radical (unpaired) electrons. The molecule has 0 bridgehead atoms. The third-order valence-electron chi connectivity index (χ3n) is 3.46. The van der Waals surface area contributed by atoms with Gasteiger partial charge in [-0.2, -0.15) is 0 Å². The molecule has 9 heteroatoms. The Bertz CT molecular complexity index is 595. The van der Waals surface area contributed by atoms with Crippen molar-refractivity contribution in [1.82, 2.24) is 13.7 Å². The summed E-state index contributed by atoms with van der Waals surface area (Å²) >= 11 is 6.89. The molecule has 0 aliphatic rings. The van der Waals surface area contributed by atoms with Crippen LogP contribution in [0.2, 0.25) is 0 Å². The van der Waals surface area contributed by atoms with E-state index in [1.54, 1.807) is 27.4 Å². The lowest BCUT2D eigenvalue weighted by molar-refractivity contribution is 0.467. The lowest BCUT2D eigenvalue weighted by Crippen LogP contribution is -2.14. The molecule has 0 saturated carbocycles. The molecule has 136 valence electrons. The van der Waals surface area contributed by atoms with Gasteiger partial charge in [0.2, 0.25) is 0 Å². The van der Waals surface area contributed by atoms with Crippen LogP contribution in [-0.4, -0.2) is 4.31 Å². The Morgan fingerprint density at radius 3 is 1.56 bits per heavy atom. The molecular weight excluding hydrogens is 711 g/mol. The minimum absolute atomic E-state index is 0.892. The molecule has 0 aliphatic heterocycles. The normalized spacial score (nSPS) is 11.2. The van der Waals surface area contributed by atoms with Crippen LogP contribution in [0.15, 0.2) is 48.5 Å². The monoisotopic (exact) mass is 729 g/mol. The van der Waals surface area contributed by atoms with Crippen molar-refractivity contribution in [3.8, 4) is 0 Å². The number of benzene rings is 2. The van der Waals surface area contributed by atoms with E-state index in [2.05, 4.69) is 126 Å².